The molecule has 0 aromatic heterocycles. The molecular formula is C44H82O4. The first-order valence-electron chi connectivity index (χ1n) is 22.0. The van der Waals surface area contributed by atoms with Gasteiger partial charge in [0.25, 0.3) is 0 Å². The van der Waals surface area contributed by atoms with Gasteiger partial charge >= 0.3 is 11.9 Å². The van der Waals surface area contributed by atoms with Gasteiger partial charge in [0.1, 0.15) is 0 Å². The van der Waals surface area contributed by atoms with Crippen LogP contribution in [-0.2, 0) is 19.1 Å². The second kappa shape index (κ2) is 29.6. The summed E-state index contributed by atoms with van der Waals surface area (Å²) < 4.78 is 11.9. The third-order valence-corrected chi connectivity index (χ3v) is 11.9. The number of carbonyl (C=O) groups is 2. The standard InChI is InChI=1S/C44H82O4/c1-3-5-7-9-11-13-15-17-19-21-23-25-27-31-38-47-42(45)44(37-33-35-40-34-29-30-36-41(40)44)43(46)48-39-32-28-26-24-22-20-18-16-14-12-10-8-6-4-2/h40-41H,3-39H2,1-2H3. The molecular weight excluding hydrogens is 592 g/mol. The molecule has 0 saturated heterocycles. The summed E-state index contributed by atoms with van der Waals surface area (Å²) in [5.74, 6) is 0.0434. The molecule has 282 valence electrons. The number of ether oxygens (including phenoxy) is 2. The van der Waals surface area contributed by atoms with E-state index in [0.29, 0.717) is 25.6 Å². The van der Waals surface area contributed by atoms with Gasteiger partial charge in [-0.05, 0) is 37.5 Å². The first kappa shape index (κ1) is 43.1. The quantitative estimate of drug-likeness (QED) is 0.0405. The number of esters is 2. The fraction of sp³-hybridized carbons (Fsp3) is 0.955. The maximum absolute atomic E-state index is 13.8. The topological polar surface area (TPSA) is 52.6 Å². The van der Waals surface area contributed by atoms with Gasteiger partial charge in [0, 0.05) is 0 Å². The van der Waals surface area contributed by atoms with E-state index in [0.717, 1.165) is 57.8 Å². The minimum Gasteiger partial charge on any atom is -0.465 e. The minimum atomic E-state index is -1.06. The average molecular weight is 675 g/mol. The number of unbranched alkanes of at least 4 members (excludes halogenated alkanes) is 26. The number of hydrogen-bond donors (Lipinski definition) is 0. The van der Waals surface area contributed by atoms with E-state index in [1.165, 1.54) is 161 Å². The minimum absolute atomic E-state index is 0.104. The zero-order valence-corrected chi connectivity index (χ0v) is 32.5. The van der Waals surface area contributed by atoms with Crippen molar-refractivity contribution >= 4 is 11.9 Å². The van der Waals surface area contributed by atoms with Crippen molar-refractivity contribution in [2.24, 2.45) is 17.3 Å². The van der Waals surface area contributed by atoms with Gasteiger partial charge in [-0.3, -0.25) is 9.59 Å². The Morgan fingerprint density at radius 2 is 0.750 bits per heavy atom. The van der Waals surface area contributed by atoms with Crippen LogP contribution in [0.15, 0.2) is 0 Å². The fourth-order valence-corrected chi connectivity index (χ4v) is 8.80. The van der Waals surface area contributed by atoms with Crippen molar-refractivity contribution < 1.29 is 19.1 Å². The van der Waals surface area contributed by atoms with E-state index < -0.39 is 5.41 Å². The summed E-state index contributed by atoms with van der Waals surface area (Å²) in [6, 6.07) is 0. The third kappa shape index (κ3) is 18.3. The molecule has 2 unspecified atom stereocenters. The number of rotatable bonds is 32. The molecule has 4 nitrogen and oxygen atoms in total. The fourth-order valence-electron chi connectivity index (χ4n) is 8.80. The third-order valence-electron chi connectivity index (χ3n) is 11.9. The zero-order chi connectivity index (χ0) is 34.4. The van der Waals surface area contributed by atoms with Crippen LogP contribution in [0.4, 0.5) is 0 Å². The molecule has 0 aromatic carbocycles. The average Bonchev–Trinajstić information content (AvgIpc) is 3.11. The van der Waals surface area contributed by atoms with E-state index in [1.807, 2.05) is 0 Å². The highest BCUT2D eigenvalue weighted by Crippen LogP contribution is 2.52. The van der Waals surface area contributed by atoms with Crippen molar-refractivity contribution in [3.8, 4) is 0 Å². The van der Waals surface area contributed by atoms with Crippen LogP contribution >= 0.6 is 0 Å². The largest absolute Gasteiger partial charge is 0.465 e. The Kier molecular flexibility index (Phi) is 26.6. The normalized spacial score (nSPS) is 18.8. The highest BCUT2D eigenvalue weighted by Gasteiger charge is 2.58. The number of fused-ring (bicyclic) bond motifs is 1. The highest BCUT2D eigenvalue weighted by molar-refractivity contribution is 6.00. The van der Waals surface area contributed by atoms with Gasteiger partial charge in [0.05, 0.1) is 13.2 Å². The second-order valence-electron chi connectivity index (χ2n) is 16.0. The summed E-state index contributed by atoms with van der Waals surface area (Å²) >= 11 is 0. The van der Waals surface area contributed by atoms with Crippen LogP contribution in [-0.4, -0.2) is 25.2 Å². The Morgan fingerprint density at radius 3 is 1.12 bits per heavy atom. The molecule has 2 saturated carbocycles. The molecule has 4 heteroatoms. The molecule has 48 heavy (non-hydrogen) atoms. The van der Waals surface area contributed by atoms with Gasteiger partial charge in [0.15, 0.2) is 5.41 Å². The SMILES string of the molecule is CCCCCCCCCCCCCCCCOC(=O)C1(C(=O)OCCCCCCCCCCCCCCCC)CCCC2CCCCC21. The first-order valence-corrected chi connectivity index (χ1v) is 22.0. The zero-order valence-electron chi connectivity index (χ0n) is 32.5. The molecule has 2 fully saturated rings. The molecule has 0 spiro atoms. The maximum atomic E-state index is 13.8. The molecule has 0 heterocycles. The van der Waals surface area contributed by atoms with Crippen LogP contribution in [0.5, 0.6) is 0 Å². The van der Waals surface area contributed by atoms with Gasteiger partial charge in [-0.2, -0.15) is 0 Å². The van der Waals surface area contributed by atoms with Crippen LogP contribution in [0.2, 0.25) is 0 Å². The van der Waals surface area contributed by atoms with Gasteiger partial charge in [-0.15, -0.1) is 0 Å². The molecule has 0 aromatic rings. The van der Waals surface area contributed by atoms with E-state index >= 15 is 0 Å². The first-order chi connectivity index (χ1) is 23.7. The van der Waals surface area contributed by atoms with E-state index in [-0.39, 0.29) is 17.9 Å². The summed E-state index contributed by atoms with van der Waals surface area (Å²) in [7, 11) is 0. The molecule has 0 bridgehead atoms. The summed E-state index contributed by atoms with van der Waals surface area (Å²) in [6.07, 6.45) is 43.8. The van der Waals surface area contributed by atoms with E-state index in [1.54, 1.807) is 0 Å². The highest BCUT2D eigenvalue weighted by atomic mass is 16.6. The van der Waals surface area contributed by atoms with Gasteiger partial charge in [-0.25, -0.2) is 0 Å². The van der Waals surface area contributed by atoms with Crippen molar-refractivity contribution in [3.63, 3.8) is 0 Å². The molecule has 2 atom stereocenters. The molecule has 0 aliphatic heterocycles. The molecule has 2 aliphatic rings. The monoisotopic (exact) mass is 675 g/mol. The maximum Gasteiger partial charge on any atom is 0.323 e. The lowest BCUT2D eigenvalue weighted by molar-refractivity contribution is -0.184. The lowest BCUT2D eigenvalue weighted by atomic mass is 9.57. The Balaban J connectivity index is 1.60. The van der Waals surface area contributed by atoms with Crippen molar-refractivity contribution in [3.05, 3.63) is 0 Å². The van der Waals surface area contributed by atoms with E-state index in [9.17, 15) is 9.59 Å². The Labute approximate surface area is 299 Å². The van der Waals surface area contributed by atoms with Gasteiger partial charge < -0.3 is 9.47 Å². The summed E-state index contributed by atoms with van der Waals surface area (Å²) in [4.78, 5) is 27.6. The predicted molar refractivity (Wildman–Crippen MR) is 204 cm³/mol. The van der Waals surface area contributed by atoms with Crippen LogP contribution in [0.3, 0.4) is 0 Å². The van der Waals surface area contributed by atoms with Gasteiger partial charge in [-0.1, -0.05) is 213 Å². The molecule has 0 amide bonds. The molecule has 2 rings (SSSR count). The van der Waals surface area contributed by atoms with Crippen LogP contribution in [0, 0.1) is 17.3 Å². The summed E-state index contributed by atoms with van der Waals surface area (Å²) in [5, 5.41) is 0. The number of carbonyl (C=O) groups excluding carboxylic acids is 2. The number of hydrogen-bond acceptors (Lipinski definition) is 4. The molecule has 0 radical (unpaired) electrons. The van der Waals surface area contributed by atoms with E-state index in [2.05, 4.69) is 13.8 Å². The van der Waals surface area contributed by atoms with Gasteiger partial charge in [0.2, 0.25) is 0 Å². The summed E-state index contributed by atoms with van der Waals surface area (Å²) in [6.45, 7) is 5.46. The van der Waals surface area contributed by atoms with Crippen molar-refractivity contribution in [2.75, 3.05) is 13.2 Å². The predicted octanol–water partition coefficient (Wildman–Crippen LogP) is 14.0. The van der Waals surface area contributed by atoms with Crippen LogP contribution < -0.4 is 0 Å². The molecule has 0 N–H and O–H groups in total. The Hall–Kier alpha value is -1.06. The molecule has 2 aliphatic carbocycles. The Bertz CT molecular complexity index is 715. The van der Waals surface area contributed by atoms with Crippen LogP contribution in [0.1, 0.15) is 239 Å². The van der Waals surface area contributed by atoms with Crippen molar-refractivity contribution in [1.29, 1.82) is 0 Å². The summed E-state index contributed by atoms with van der Waals surface area (Å²) in [5.41, 5.74) is -1.06. The van der Waals surface area contributed by atoms with Crippen molar-refractivity contribution in [1.82, 2.24) is 0 Å². The van der Waals surface area contributed by atoms with Crippen molar-refractivity contribution in [2.45, 2.75) is 239 Å². The van der Waals surface area contributed by atoms with E-state index in [4.69, 9.17) is 9.47 Å². The smallest absolute Gasteiger partial charge is 0.323 e. The lowest BCUT2D eigenvalue weighted by Gasteiger charge is -2.46. The Morgan fingerprint density at radius 1 is 0.438 bits per heavy atom. The second-order valence-corrected chi connectivity index (χ2v) is 16.0. The van der Waals surface area contributed by atoms with Crippen LogP contribution in [0.25, 0.3) is 0 Å². The lowest BCUT2D eigenvalue weighted by Crippen LogP contribution is -2.53.